The summed E-state index contributed by atoms with van der Waals surface area (Å²) in [7, 11) is 0. The van der Waals surface area contributed by atoms with E-state index < -0.39 is 0 Å². The molecular formula is C13H16BrNO2. The highest BCUT2D eigenvalue weighted by Crippen LogP contribution is 2.13. The molecule has 0 spiro atoms. The predicted octanol–water partition coefficient (Wildman–Crippen LogP) is 3.56. The van der Waals surface area contributed by atoms with Gasteiger partial charge in [-0.2, -0.15) is 4.99 Å². The van der Waals surface area contributed by atoms with Crippen LogP contribution >= 0.6 is 15.9 Å². The maximum Gasteiger partial charge on any atom is 0.248 e. The van der Waals surface area contributed by atoms with Crippen molar-refractivity contribution in [3.63, 3.8) is 0 Å². The molecule has 0 aliphatic rings. The standard InChI is InChI=1S/C13H16BrNO2/c1-3-6-12(16)15-13(17-4-2)10-7-5-8-11(14)9-10/h5,7-9H,3-4,6H2,1-2H3. The van der Waals surface area contributed by atoms with Crippen molar-refractivity contribution in [2.24, 2.45) is 4.99 Å². The zero-order valence-corrected chi connectivity index (χ0v) is 11.7. The van der Waals surface area contributed by atoms with Gasteiger partial charge in [-0.15, -0.1) is 0 Å². The summed E-state index contributed by atoms with van der Waals surface area (Å²) in [6.07, 6.45) is 1.24. The molecule has 0 atom stereocenters. The van der Waals surface area contributed by atoms with Gasteiger partial charge in [0.2, 0.25) is 11.8 Å². The summed E-state index contributed by atoms with van der Waals surface area (Å²) in [5.74, 6) is 0.253. The molecule has 0 aliphatic heterocycles. The van der Waals surface area contributed by atoms with Gasteiger partial charge in [-0.3, -0.25) is 4.79 Å². The molecule has 0 unspecified atom stereocenters. The lowest BCUT2D eigenvalue weighted by molar-refractivity contribution is -0.117. The highest BCUT2D eigenvalue weighted by Gasteiger charge is 2.07. The van der Waals surface area contributed by atoms with Gasteiger partial charge in [0.1, 0.15) is 0 Å². The van der Waals surface area contributed by atoms with E-state index >= 15 is 0 Å². The zero-order chi connectivity index (χ0) is 12.7. The van der Waals surface area contributed by atoms with E-state index in [0.717, 1.165) is 16.5 Å². The van der Waals surface area contributed by atoms with E-state index in [-0.39, 0.29) is 5.91 Å². The van der Waals surface area contributed by atoms with Crippen molar-refractivity contribution >= 4 is 27.7 Å². The number of nitrogens with zero attached hydrogens (tertiary/aromatic N) is 1. The summed E-state index contributed by atoms with van der Waals surface area (Å²) in [5, 5.41) is 0. The van der Waals surface area contributed by atoms with Crippen LogP contribution in [0.3, 0.4) is 0 Å². The van der Waals surface area contributed by atoms with E-state index in [1.165, 1.54) is 0 Å². The highest BCUT2D eigenvalue weighted by molar-refractivity contribution is 9.10. The molecule has 0 fully saturated rings. The lowest BCUT2D eigenvalue weighted by Gasteiger charge is -2.07. The number of benzene rings is 1. The molecule has 0 bridgehead atoms. The molecule has 1 aromatic carbocycles. The minimum absolute atomic E-state index is 0.143. The molecule has 92 valence electrons. The summed E-state index contributed by atoms with van der Waals surface area (Å²) >= 11 is 3.38. The van der Waals surface area contributed by atoms with Crippen molar-refractivity contribution < 1.29 is 9.53 Å². The fraction of sp³-hybridized carbons (Fsp3) is 0.385. The second-order valence-electron chi connectivity index (χ2n) is 3.50. The van der Waals surface area contributed by atoms with Crippen LogP contribution in [0, 0.1) is 0 Å². The van der Waals surface area contributed by atoms with E-state index in [9.17, 15) is 4.79 Å². The zero-order valence-electron chi connectivity index (χ0n) is 10.1. The number of hydrogen-bond donors (Lipinski definition) is 0. The molecule has 0 radical (unpaired) electrons. The summed E-state index contributed by atoms with van der Waals surface area (Å²) in [5.41, 5.74) is 0.811. The van der Waals surface area contributed by atoms with E-state index in [2.05, 4.69) is 20.9 Å². The first kappa shape index (κ1) is 13.9. The molecule has 0 aromatic heterocycles. The second-order valence-corrected chi connectivity index (χ2v) is 4.42. The first-order valence-electron chi connectivity index (χ1n) is 5.67. The Hall–Kier alpha value is -1.16. The third kappa shape index (κ3) is 4.69. The van der Waals surface area contributed by atoms with Gasteiger partial charge < -0.3 is 4.74 Å². The number of aliphatic imine (C=N–C) groups is 1. The molecule has 3 nitrogen and oxygen atoms in total. The molecule has 0 saturated heterocycles. The van der Waals surface area contributed by atoms with Gasteiger partial charge in [0.05, 0.1) is 6.61 Å². The minimum atomic E-state index is -0.143. The fourth-order valence-corrected chi connectivity index (χ4v) is 1.72. The Labute approximate surface area is 110 Å². The highest BCUT2D eigenvalue weighted by atomic mass is 79.9. The lowest BCUT2D eigenvalue weighted by Crippen LogP contribution is -2.10. The molecule has 1 rings (SSSR count). The maximum absolute atomic E-state index is 11.5. The minimum Gasteiger partial charge on any atom is -0.477 e. The van der Waals surface area contributed by atoms with Crippen molar-refractivity contribution in [3.05, 3.63) is 34.3 Å². The van der Waals surface area contributed by atoms with Crippen LogP contribution in [0.4, 0.5) is 0 Å². The number of halogens is 1. The number of hydrogen-bond acceptors (Lipinski definition) is 2. The topological polar surface area (TPSA) is 38.7 Å². The van der Waals surface area contributed by atoms with Crippen LogP contribution in [0.25, 0.3) is 0 Å². The first-order valence-corrected chi connectivity index (χ1v) is 6.47. The average molecular weight is 298 g/mol. The van der Waals surface area contributed by atoms with Crippen LogP contribution in [-0.2, 0) is 9.53 Å². The van der Waals surface area contributed by atoms with Crippen molar-refractivity contribution in [2.45, 2.75) is 26.7 Å². The van der Waals surface area contributed by atoms with Gasteiger partial charge in [0, 0.05) is 16.5 Å². The van der Waals surface area contributed by atoms with Crippen molar-refractivity contribution in [1.82, 2.24) is 0 Å². The summed E-state index contributed by atoms with van der Waals surface area (Å²) in [6, 6.07) is 7.56. The number of carbonyl (C=O) groups is 1. The largest absolute Gasteiger partial charge is 0.477 e. The van der Waals surface area contributed by atoms with E-state index in [1.807, 2.05) is 38.1 Å². The number of rotatable bonds is 4. The molecule has 0 aliphatic carbocycles. The second kappa shape index (κ2) is 7.22. The van der Waals surface area contributed by atoms with Crippen LogP contribution < -0.4 is 0 Å². The molecule has 1 amide bonds. The average Bonchev–Trinajstić information content (AvgIpc) is 2.29. The molecule has 0 N–H and O–H groups in total. The Balaban J connectivity index is 2.96. The van der Waals surface area contributed by atoms with Gasteiger partial charge in [0.15, 0.2) is 0 Å². The first-order chi connectivity index (χ1) is 8.17. The molecule has 17 heavy (non-hydrogen) atoms. The smallest absolute Gasteiger partial charge is 0.248 e. The van der Waals surface area contributed by atoms with Gasteiger partial charge in [-0.25, -0.2) is 0 Å². The van der Waals surface area contributed by atoms with Gasteiger partial charge in [-0.05, 0) is 31.5 Å². The summed E-state index contributed by atoms with van der Waals surface area (Å²) in [6.45, 7) is 4.31. The number of amides is 1. The normalized spacial score (nSPS) is 11.4. The summed E-state index contributed by atoms with van der Waals surface area (Å²) in [4.78, 5) is 15.5. The van der Waals surface area contributed by atoms with E-state index in [0.29, 0.717) is 18.9 Å². The van der Waals surface area contributed by atoms with E-state index in [4.69, 9.17) is 4.74 Å². The molecule has 4 heteroatoms. The van der Waals surface area contributed by atoms with Gasteiger partial charge in [0.25, 0.3) is 0 Å². The van der Waals surface area contributed by atoms with Crippen LogP contribution in [0.5, 0.6) is 0 Å². The van der Waals surface area contributed by atoms with Crippen LogP contribution in [0.15, 0.2) is 33.7 Å². The fourth-order valence-electron chi connectivity index (χ4n) is 1.32. The molecule has 0 saturated carbocycles. The monoisotopic (exact) mass is 297 g/mol. The Kier molecular flexibility index (Phi) is 5.91. The Morgan fingerprint density at radius 3 is 2.76 bits per heavy atom. The van der Waals surface area contributed by atoms with Gasteiger partial charge >= 0.3 is 0 Å². The van der Waals surface area contributed by atoms with Crippen molar-refractivity contribution in [1.29, 1.82) is 0 Å². The van der Waals surface area contributed by atoms with Crippen molar-refractivity contribution in [2.75, 3.05) is 6.61 Å². The van der Waals surface area contributed by atoms with E-state index in [1.54, 1.807) is 0 Å². The third-order valence-corrected chi connectivity index (χ3v) is 2.54. The number of carbonyl (C=O) groups excluding carboxylic acids is 1. The molecular weight excluding hydrogens is 282 g/mol. The molecule has 1 aromatic rings. The SMILES string of the molecule is CCCC(=O)N=C(OCC)c1cccc(Br)c1. The quantitative estimate of drug-likeness (QED) is 0.629. The Morgan fingerprint density at radius 2 is 2.18 bits per heavy atom. The Bertz CT molecular complexity index is 416. The van der Waals surface area contributed by atoms with Crippen molar-refractivity contribution in [3.8, 4) is 0 Å². The third-order valence-electron chi connectivity index (χ3n) is 2.04. The molecule has 0 heterocycles. The van der Waals surface area contributed by atoms with Gasteiger partial charge in [-0.1, -0.05) is 28.9 Å². The van der Waals surface area contributed by atoms with Crippen LogP contribution in [0.1, 0.15) is 32.3 Å². The number of ether oxygens (including phenoxy) is 1. The maximum atomic E-state index is 11.5. The Morgan fingerprint density at radius 1 is 1.41 bits per heavy atom. The predicted molar refractivity (Wildman–Crippen MR) is 72.2 cm³/mol. The van der Waals surface area contributed by atoms with Crippen LogP contribution in [-0.4, -0.2) is 18.4 Å². The van der Waals surface area contributed by atoms with Crippen LogP contribution in [0.2, 0.25) is 0 Å². The summed E-state index contributed by atoms with van der Waals surface area (Å²) < 4.78 is 6.34. The lowest BCUT2D eigenvalue weighted by atomic mass is 10.2.